The Bertz CT molecular complexity index is 1590. The van der Waals surface area contributed by atoms with Gasteiger partial charge in [0.2, 0.25) is 0 Å². The third kappa shape index (κ3) is 4.45. The molecule has 1 heteroatoms. The fourth-order valence-corrected chi connectivity index (χ4v) is 4.60. The molecule has 6 aromatic rings. The molecule has 0 spiro atoms. The zero-order valence-electron chi connectivity index (χ0n) is 19.4. The standard InChI is InChI=1S/C34H25N/c1-3-11-32(12-4-1)35(33-13-5-2-6-14-33)34-22-21-30-24-27(18-20-31(30)25-34)16-15-26-17-19-28-9-7-8-10-29(28)23-26/h1-25H/b16-15+. The predicted octanol–water partition coefficient (Wildman–Crippen LogP) is 9.63. The third-order valence-electron chi connectivity index (χ3n) is 6.38. The van der Waals surface area contributed by atoms with Gasteiger partial charge in [0.25, 0.3) is 0 Å². The Morgan fingerprint density at radius 3 is 1.43 bits per heavy atom. The number of benzene rings is 6. The van der Waals surface area contributed by atoms with Gasteiger partial charge in [0.1, 0.15) is 0 Å². The molecule has 0 radical (unpaired) electrons. The molecule has 0 aliphatic heterocycles. The molecule has 0 aliphatic carbocycles. The Hall–Kier alpha value is -4.62. The second-order valence-electron chi connectivity index (χ2n) is 8.74. The lowest BCUT2D eigenvalue weighted by Gasteiger charge is -2.25. The molecule has 0 N–H and O–H groups in total. The summed E-state index contributed by atoms with van der Waals surface area (Å²) >= 11 is 0. The van der Waals surface area contributed by atoms with Gasteiger partial charge in [-0.2, -0.15) is 0 Å². The zero-order valence-corrected chi connectivity index (χ0v) is 19.4. The quantitative estimate of drug-likeness (QED) is 0.238. The van der Waals surface area contributed by atoms with Crippen LogP contribution in [0.1, 0.15) is 11.1 Å². The van der Waals surface area contributed by atoms with E-state index in [2.05, 4.69) is 157 Å². The van der Waals surface area contributed by atoms with E-state index in [1.54, 1.807) is 0 Å². The molecule has 6 rings (SSSR count). The molecule has 166 valence electrons. The molecule has 0 amide bonds. The van der Waals surface area contributed by atoms with Crippen LogP contribution in [0.15, 0.2) is 140 Å². The summed E-state index contributed by atoms with van der Waals surface area (Å²) in [5, 5.41) is 4.99. The lowest BCUT2D eigenvalue weighted by atomic mass is 10.0. The number of rotatable bonds is 5. The molecular formula is C34H25N. The van der Waals surface area contributed by atoms with Crippen LogP contribution in [-0.2, 0) is 0 Å². The largest absolute Gasteiger partial charge is 0.310 e. The fraction of sp³-hybridized carbons (Fsp3) is 0. The molecule has 0 fully saturated rings. The number of nitrogens with zero attached hydrogens (tertiary/aromatic N) is 1. The van der Waals surface area contributed by atoms with Crippen molar-refractivity contribution in [3.63, 3.8) is 0 Å². The Labute approximate surface area is 206 Å². The molecule has 0 saturated carbocycles. The molecule has 35 heavy (non-hydrogen) atoms. The molecular weight excluding hydrogens is 422 g/mol. The van der Waals surface area contributed by atoms with Crippen molar-refractivity contribution < 1.29 is 0 Å². The van der Waals surface area contributed by atoms with E-state index in [4.69, 9.17) is 0 Å². The molecule has 0 aromatic heterocycles. The van der Waals surface area contributed by atoms with Crippen LogP contribution in [0.3, 0.4) is 0 Å². The highest BCUT2D eigenvalue weighted by Crippen LogP contribution is 2.35. The van der Waals surface area contributed by atoms with E-state index >= 15 is 0 Å². The first-order chi connectivity index (χ1) is 17.3. The van der Waals surface area contributed by atoms with Crippen molar-refractivity contribution >= 4 is 50.8 Å². The minimum absolute atomic E-state index is 1.15. The monoisotopic (exact) mass is 447 g/mol. The van der Waals surface area contributed by atoms with Crippen LogP contribution in [0.4, 0.5) is 17.1 Å². The maximum atomic E-state index is 2.30. The lowest BCUT2D eigenvalue weighted by Crippen LogP contribution is -2.09. The van der Waals surface area contributed by atoms with Crippen molar-refractivity contribution in [3.8, 4) is 0 Å². The Morgan fingerprint density at radius 1 is 0.343 bits per heavy atom. The minimum atomic E-state index is 1.15. The van der Waals surface area contributed by atoms with Gasteiger partial charge >= 0.3 is 0 Å². The maximum Gasteiger partial charge on any atom is 0.0468 e. The summed E-state index contributed by atoms with van der Waals surface area (Å²) in [4.78, 5) is 2.30. The smallest absolute Gasteiger partial charge is 0.0468 e. The number of hydrogen-bond acceptors (Lipinski definition) is 1. The summed E-state index contributed by atoms with van der Waals surface area (Å²) in [6, 6.07) is 49.5. The second kappa shape index (κ2) is 9.32. The highest BCUT2D eigenvalue weighted by molar-refractivity contribution is 5.91. The fourth-order valence-electron chi connectivity index (χ4n) is 4.60. The van der Waals surface area contributed by atoms with Gasteiger partial charge in [-0.15, -0.1) is 0 Å². The van der Waals surface area contributed by atoms with E-state index in [-0.39, 0.29) is 0 Å². The Kier molecular flexibility index (Phi) is 5.58. The Balaban J connectivity index is 1.33. The lowest BCUT2D eigenvalue weighted by molar-refractivity contribution is 1.29. The van der Waals surface area contributed by atoms with E-state index < -0.39 is 0 Å². The predicted molar refractivity (Wildman–Crippen MR) is 152 cm³/mol. The van der Waals surface area contributed by atoms with E-state index in [0.29, 0.717) is 0 Å². The van der Waals surface area contributed by atoms with Crippen LogP contribution in [0.2, 0.25) is 0 Å². The van der Waals surface area contributed by atoms with Gasteiger partial charge in [-0.1, -0.05) is 103 Å². The third-order valence-corrected chi connectivity index (χ3v) is 6.38. The summed E-state index contributed by atoms with van der Waals surface area (Å²) in [6.07, 6.45) is 4.38. The summed E-state index contributed by atoms with van der Waals surface area (Å²) in [5.74, 6) is 0. The van der Waals surface area contributed by atoms with Crippen molar-refractivity contribution in [3.05, 3.63) is 151 Å². The molecule has 0 unspecified atom stereocenters. The summed E-state index contributed by atoms with van der Waals surface area (Å²) in [5.41, 5.74) is 5.84. The van der Waals surface area contributed by atoms with Crippen molar-refractivity contribution in [2.24, 2.45) is 0 Å². The van der Waals surface area contributed by atoms with Gasteiger partial charge in [-0.05, 0) is 81.2 Å². The van der Waals surface area contributed by atoms with Crippen LogP contribution >= 0.6 is 0 Å². The van der Waals surface area contributed by atoms with Gasteiger partial charge in [-0.3, -0.25) is 0 Å². The number of fused-ring (bicyclic) bond motifs is 2. The van der Waals surface area contributed by atoms with E-state index in [0.717, 1.165) is 17.1 Å². The molecule has 0 heterocycles. The van der Waals surface area contributed by atoms with Crippen molar-refractivity contribution in [1.29, 1.82) is 0 Å². The minimum Gasteiger partial charge on any atom is -0.310 e. The molecule has 1 nitrogen and oxygen atoms in total. The molecule has 6 aromatic carbocycles. The first-order valence-electron chi connectivity index (χ1n) is 11.9. The second-order valence-corrected chi connectivity index (χ2v) is 8.74. The average Bonchev–Trinajstić information content (AvgIpc) is 2.93. The van der Waals surface area contributed by atoms with Crippen molar-refractivity contribution in [2.45, 2.75) is 0 Å². The molecule has 0 atom stereocenters. The first kappa shape index (κ1) is 20.9. The van der Waals surface area contributed by atoms with Gasteiger partial charge in [0, 0.05) is 17.1 Å². The topological polar surface area (TPSA) is 3.24 Å². The van der Waals surface area contributed by atoms with Crippen LogP contribution in [0.5, 0.6) is 0 Å². The zero-order chi connectivity index (χ0) is 23.5. The van der Waals surface area contributed by atoms with Crippen molar-refractivity contribution in [2.75, 3.05) is 4.90 Å². The van der Waals surface area contributed by atoms with E-state index in [1.165, 1.54) is 32.7 Å². The average molecular weight is 448 g/mol. The molecule has 0 bridgehead atoms. The number of para-hydroxylation sites is 2. The van der Waals surface area contributed by atoms with Gasteiger partial charge < -0.3 is 4.90 Å². The Morgan fingerprint density at radius 2 is 0.800 bits per heavy atom. The summed E-state index contributed by atoms with van der Waals surface area (Å²) in [7, 11) is 0. The van der Waals surface area contributed by atoms with Gasteiger partial charge in [-0.25, -0.2) is 0 Å². The van der Waals surface area contributed by atoms with Gasteiger partial charge in [0.15, 0.2) is 0 Å². The van der Waals surface area contributed by atoms with E-state index in [9.17, 15) is 0 Å². The molecule has 0 aliphatic rings. The summed E-state index contributed by atoms with van der Waals surface area (Å²) < 4.78 is 0. The van der Waals surface area contributed by atoms with E-state index in [1.807, 2.05) is 0 Å². The first-order valence-corrected chi connectivity index (χ1v) is 11.9. The SMILES string of the molecule is C(=C\c1ccc2cc(N(c3ccccc3)c3ccccc3)ccc2c1)/c1ccc2ccccc2c1. The highest BCUT2D eigenvalue weighted by Gasteiger charge is 2.12. The van der Waals surface area contributed by atoms with Crippen LogP contribution in [0.25, 0.3) is 33.7 Å². The summed E-state index contributed by atoms with van der Waals surface area (Å²) in [6.45, 7) is 0. The number of anilines is 3. The van der Waals surface area contributed by atoms with Crippen molar-refractivity contribution in [1.82, 2.24) is 0 Å². The normalized spacial score (nSPS) is 11.3. The molecule has 0 saturated heterocycles. The van der Waals surface area contributed by atoms with Crippen LogP contribution in [-0.4, -0.2) is 0 Å². The van der Waals surface area contributed by atoms with Crippen LogP contribution in [0, 0.1) is 0 Å². The number of hydrogen-bond donors (Lipinski definition) is 0. The maximum absolute atomic E-state index is 2.30. The highest BCUT2D eigenvalue weighted by atomic mass is 15.1. The van der Waals surface area contributed by atoms with Crippen LogP contribution < -0.4 is 4.90 Å². The van der Waals surface area contributed by atoms with Gasteiger partial charge in [0.05, 0.1) is 0 Å².